The molecule has 0 unspecified atom stereocenters. The first-order valence-corrected chi connectivity index (χ1v) is 8.01. The fourth-order valence-corrected chi connectivity index (χ4v) is 2.95. The van der Waals surface area contributed by atoms with Crippen LogP contribution in [0, 0.1) is 5.82 Å². The highest BCUT2D eigenvalue weighted by Gasteiger charge is 2.11. The fraction of sp³-hybridized carbons (Fsp3) is 0.0476. The molecule has 4 rings (SSSR count). The molecule has 0 spiro atoms. The minimum absolute atomic E-state index is 0.0229. The Morgan fingerprint density at radius 3 is 2.44 bits per heavy atom. The van der Waals surface area contributed by atoms with E-state index in [9.17, 15) is 9.18 Å². The Morgan fingerprint density at radius 2 is 1.68 bits per heavy atom. The summed E-state index contributed by atoms with van der Waals surface area (Å²) in [6, 6.07) is 19.5. The number of pyridine rings is 2. The van der Waals surface area contributed by atoms with Gasteiger partial charge in [-0.05, 0) is 42.0 Å². The molecule has 2 aromatic carbocycles. The van der Waals surface area contributed by atoms with Crippen molar-refractivity contribution in [3.8, 4) is 5.69 Å². The summed E-state index contributed by atoms with van der Waals surface area (Å²) < 4.78 is 15.1. The molecule has 0 radical (unpaired) electrons. The van der Waals surface area contributed by atoms with E-state index in [0.29, 0.717) is 23.0 Å². The van der Waals surface area contributed by atoms with Crippen LogP contribution in [0.25, 0.3) is 16.7 Å². The van der Waals surface area contributed by atoms with Crippen molar-refractivity contribution in [3.05, 3.63) is 106 Å². The lowest BCUT2D eigenvalue weighted by atomic mass is 10.0. The van der Waals surface area contributed by atoms with Gasteiger partial charge in [-0.25, -0.2) is 9.37 Å². The van der Waals surface area contributed by atoms with Crippen molar-refractivity contribution in [1.82, 2.24) is 9.55 Å². The van der Waals surface area contributed by atoms with E-state index < -0.39 is 0 Å². The summed E-state index contributed by atoms with van der Waals surface area (Å²) in [5.41, 5.74) is 3.05. The second-order valence-corrected chi connectivity index (χ2v) is 5.87. The molecule has 0 saturated carbocycles. The number of hydrogen-bond acceptors (Lipinski definition) is 2. The highest BCUT2D eigenvalue weighted by molar-refractivity contribution is 5.77. The average Bonchev–Trinajstić information content (AvgIpc) is 2.66. The van der Waals surface area contributed by atoms with Crippen molar-refractivity contribution < 1.29 is 4.39 Å². The maximum atomic E-state index is 13.3. The predicted molar refractivity (Wildman–Crippen MR) is 96.5 cm³/mol. The molecule has 0 atom stereocenters. The number of fused-ring (bicyclic) bond motifs is 1. The number of nitrogens with zero attached hydrogens (tertiary/aromatic N) is 2. The summed E-state index contributed by atoms with van der Waals surface area (Å²) >= 11 is 0. The molecule has 3 nitrogen and oxygen atoms in total. The zero-order valence-corrected chi connectivity index (χ0v) is 13.4. The van der Waals surface area contributed by atoms with Crippen LogP contribution in [-0.4, -0.2) is 9.55 Å². The molecule has 122 valence electrons. The normalized spacial score (nSPS) is 10.9. The van der Waals surface area contributed by atoms with Gasteiger partial charge in [0.25, 0.3) is 0 Å². The Morgan fingerprint density at radius 1 is 0.920 bits per heavy atom. The molecule has 25 heavy (non-hydrogen) atoms. The molecule has 0 aliphatic carbocycles. The fourth-order valence-electron chi connectivity index (χ4n) is 2.95. The second-order valence-electron chi connectivity index (χ2n) is 5.87. The van der Waals surface area contributed by atoms with E-state index in [4.69, 9.17) is 0 Å². The Kier molecular flexibility index (Phi) is 3.86. The average molecular weight is 330 g/mol. The van der Waals surface area contributed by atoms with Gasteiger partial charge < -0.3 is 4.57 Å². The zero-order valence-electron chi connectivity index (χ0n) is 13.4. The smallest absolute Gasteiger partial charge is 0.194 e. The molecule has 0 amide bonds. The van der Waals surface area contributed by atoms with Crippen LogP contribution in [0.1, 0.15) is 11.1 Å². The lowest BCUT2D eigenvalue weighted by Gasteiger charge is -2.13. The number of benzene rings is 2. The van der Waals surface area contributed by atoms with Crippen molar-refractivity contribution in [1.29, 1.82) is 0 Å². The molecule has 4 heteroatoms. The predicted octanol–water partition coefficient (Wildman–Crippen LogP) is 4.12. The molecule has 0 saturated heterocycles. The van der Waals surface area contributed by atoms with Crippen molar-refractivity contribution in [2.75, 3.05) is 0 Å². The van der Waals surface area contributed by atoms with Crippen molar-refractivity contribution >= 4 is 11.0 Å². The summed E-state index contributed by atoms with van der Waals surface area (Å²) in [5.74, 6) is -0.299. The third kappa shape index (κ3) is 2.94. The lowest BCUT2D eigenvalue weighted by molar-refractivity contribution is 0.627. The number of hydrogen-bond donors (Lipinski definition) is 0. The lowest BCUT2D eigenvalue weighted by Crippen LogP contribution is -2.15. The standard InChI is InChI=1S/C21H15FN2O/c22-17-8-10-18(11-9-17)24-14-16(13-15-5-2-1-3-6-15)20(25)19-7-4-12-23-21(19)24/h1-12,14H,13H2. The summed E-state index contributed by atoms with van der Waals surface area (Å²) in [4.78, 5) is 17.2. The minimum Gasteiger partial charge on any atom is -0.301 e. The maximum absolute atomic E-state index is 13.3. The van der Waals surface area contributed by atoms with Crippen LogP contribution < -0.4 is 5.43 Å². The van der Waals surface area contributed by atoms with Gasteiger partial charge in [0, 0.05) is 30.1 Å². The molecule has 0 bridgehead atoms. The van der Waals surface area contributed by atoms with Gasteiger partial charge in [0.05, 0.1) is 5.39 Å². The molecule has 4 aromatic rings. The Balaban J connectivity index is 1.94. The summed E-state index contributed by atoms with van der Waals surface area (Å²) in [6.45, 7) is 0. The number of halogens is 1. The van der Waals surface area contributed by atoms with E-state index in [1.807, 2.05) is 34.9 Å². The Hall–Kier alpha value is -3.27. The van der Waals surface area contributed by atoms with Gasteiger partial charge in [-0.15, -0.1) is 0 Å². The van der Waals surface area contributed by atoms with E-state index in [1.165, 1.54) is 12.1 Å². The van der Waals surface area contributed by atoms with E-state index >= 15 is 0 Å². The molecule has 2 aromatic heterocycles. The zero-order chi connectivity index (χ0) is 17.2. The summed E-state index contributed by atoms with van der Waals surface area (Å²) in [5, 5.41) is 0.556. The van der Waals surface area contributed by atoms with Crippen molar-refractivity contribution in [2.45, 2.75) is 6.42 Å². The Labute approximate surface area is 144 Å². The van der Waals surface area contributed by atoms with Crippen LogP contribution in [0.5, 0.6) is 0 Å². The van der Waals surface area contributed by atoms with E-state index in [-0.39, 0.29) is 11.2 Å². The van der Waals surface area contributed by atoms with Crippen LogP contribution in [0.3, 0.4) is 0 Å². The molecule has 0 aliphatic rings. The number of rotatable bonds is 3. The maximum Gasteiger partial charge on any atom is 0.194 e. The monoisotopic (exact) mass is 330 g/mol. The second kappa shape index (κ2) is 6.32. The minimum atomic E-state index is -0.299. The quantitative estimate of drug-likeness (QED) is 0.566. The van der Waals surface area contributed by atoms with Crippen molar-refractivity contribution in [3.63, 3.8) is 0 Å². The molecule has 0 aliphatic heterocycles. The van der Waals surface area contributed by atoms with Crippen LogP contribution in [0.4, 0.5) is 4.39 Å². The van der Waals surface area contributed by atoms with Crippen molar-refractivity contribution in [2.24, 2.45) is 0 Å². The van der Waals surface area contributed by atoms with Gasteiger partial charge in [-0.1, -0.05) is 30.3 Å². The first-order chi connectivity index (χ1) is 12.2. The van der Waals surface area contributed by atoms with Crippen LogP contribution in [0.15, 0.2) is 83.9 Å². The highest BCUT2D eigenvalue weighted by Crippen LogP contribution is 2.17. The van der Waals surface area contributed by atoms with Crippen LogP contribution in [0.2, 0.25) is 0 Å². The third-order valence-electron chi connectivity index (χ3n) is 4.18. The largest absolute Gasteiger partial charge is 0.301 e. The van der Waals surface area contributed by atoms with Crippen LogP contribution >= 0.6 is 0 Å². The molecule has 0 N–H and O–H groups in total. The molecular formula is C21H15FN2O. The van der Waals surface area contributed by atoms with Gasteiger partial charge in [0.2, 0.25) is 0 Å². The third-order valence-corrected chi connectivity index (χ3v) is 4.18. The van der Waals surface area contributed by atoms with Gasteiger partial charge in [-0.2, -0.15) is 0 Å². The van der Waals surface area contributed by atoms with E-state index in [2.05, 4.69) is 4.98 Å². The van der Waals surface area contributed by atoms with E-state index in [0.717, 1.165) is 11.3 Å². The summed E-state index contributed by atoms with van der Waals surface area (Å²) in [7, 11) is 0. The summed E-state index contributed by atoms with van der Waals surface area (Å²) in [6.07, 6.45) is 3.99. The molecular weight excluding hydrogens is 315 g/mol. The molecule has 2 heterocycles. The first-order valence-electron chi connectivity index (χ1n) is 8.01. The number of aromatic nitrogens is 2. The van der Waals surface area contributed by atoms with Gasteiger partial charge in [0.15, 0.2) is 5.43 Å². The Bertz CT molecular complexity index is 1090. The van der Waals surface area contributed by atoms with Gasteiger partial charge in [0.1, 0.15) is 11.5 Å². The van der Waals surface area contributed by atoms with E-state index in [1.54, 1.807) is 36.7 Å². The van der Waals surface area contributed by atoms with Crippen LogP contribution in [-0.2, 0) is 6.42 Å². The van der Waals surface area contributed by atoms with Gasteiger partial charge in [-0.3, -0.25) is 4.79 Å². The topological polar surface area (TPSA) is 34.9 Å². The molecule has 0 fully saturated rings. The van der Waals surface area contributed by atoms with Gasteiger partial charge >= 0.3 is 0 Å². The highest BCUT2D eigenvalue weighted by atomic mass is 19.1. The first kappa shape index (κ1) is 15.3. The SMILES string of the molecule is O=c1c(Cc2ccccc2)cn(-c2ccc(F)cc2)c2ncccc12.